The molecular formula is C24H22N2O3S. The van der Waals surface area contributed by atoms with Gasteiger partial charge in [-0.25, -0.2) is 8.42 Å². The number of rotatable bonds is 5. The summed E-state index contributed by atoms with van der Waals surface area (Å²) in [6.07, 6.45) is 1.55. The zero-order valence-corrected chi connectivity index (χ0v) is 17.6. The third-order valence-electron chi connectivity index (χ3n) is 5.29. The molecule has 0 radical (unpaired) electrons. The van der Waals surface area contributed by atoms with E-state index >= 15 is 0 Å². The van der Waals surface area contributed by atoms with Crippen LogP contribution in [0.5, 0.6) is 0 Å². The number of anilines is 1. The summed E-state index contributed by atoms with van der Waals surface area (Å²) in [7, 11) is -3.70. The summed E-state index contributed by atoms with van der Waals surface area (Å²) in [5.74, 6) is -0.215. The molecule has 0 bridgehead atoms. The molecule has 0 aliphatic rings. The maximum atomic E-state index is 13.2. The van der Waals surface area contributed by atoms with Gasteiger partial charge in [-0.05, 0) is 49.2 Å². The minimum Gasteiger partial charge on any atom is -0.337 e. The van der Waals surface area contributed by atoms with Gasteiger partial charge < -0.3 is 9.88 Å². The molecule has 1 amide bonds. The van der Waals surface area contributed by atoms with Crippen LogP contribution in [0.1, 0.15) is 11.1 Å². The smallest absolute Gasteiger partial charge is 0.244 e. The standard InChI is InChI=1S/C24H22N2O3S/c1-17-9-8-13-21(18(17)2)25-24(27)16-26-15-23(20-12-6-7-14-22(20)26)30(28,29)19-10-4-3-5-11-19/h3-15H,16H2,1-2H3,(H,25,27). The highest BCUT2D eigenvalue weighted by Crippen LogP contribution is 2.30. The summed E-state index contributed by atoms with van der Waals surface area (Å²) < 4.78 is 28.1. The number of hydrogen-bond acceptors (Lipinski definition) is 3. The van der Waals surface area contributed by atoms with Crippen LogP contribution in [0, 0.1) is 13.8 Å². The van der Waals surface area contributed by atoms with Gasteiger partial charge in [0.15, 0.2) is 0 Å². The Hall–Kier alpha value is -3.38. The highest BCUT2D eigenvalue weighted by molar-refractivity contribution is 7.91. The molecule has 0 aliphatic carbocycles. The Kier molecular flexibility index (Phi) is 5.18. The number of carbonyl (C=O) groups excluding carboxylic acids is 1. The predicted molar refractivity (Wildman–Crippen MR) is 118 cm³/mol. The molecule has 152 valence electrons. The average molecular weight is 419 g/mol. The number of sulfone groups is 1. The minimum atomic E-state index is -3.70. The van der Waals surface area contributed by atoms with E-state index in [1.165, 1.54) is 0 Å². The SMILES string of the molecule is Cc1cccc(NC(=O)Cn2cc(S(=O)(=O)c3ccccc3)c3ccccc32)c1C. The Morgan fingerprint density at radius 2 is 1.60 bits per heavy atom. The second-order valence-corrected chi connectivity index (χ2v) is 9.17. The summed E-state index contributed by atoms with van der Waals surface area (Å²) in [5, 5.41) is 3.53. The number of nitrogens with zero attached hydrogens (tertiary/aromatic N) is 1. The van der Waals surface area contributed by atoms with E-state index in [1.54, 1.807) is 53.2 Å². The molecule has 0 atom stereocenters. The van der Waals surface area contributed by atoms with Crippen LogP contribution in [0.2, 0.25) is 0 Å². The van der Waals surface area contributed by atoms with Crippen molar-refractivity contribution in [3.63, 3.8) is 0 Å². The Morgan fingerprint density at radius 1 is 0.900 bits per heavy atom. The van der Waals surface area contributed by atoms with E-state index < -0.39 is 9.84 Å². The van der Waals surface area contributed by atoms with Gasteiger partial charge in [0.2, 0.25) is 15.7 Å². The number of hydrogen-bond donors (Lipinski definition) is 1. The molecule has 1 heterocycles. The summed E-state index contributed by atoms with van der Waals surface area (Å²) in [6, 6.07) is 21.3. The fourth-order valence-corrected chi connectivity index (χ4v) is 5.01. The number of para-hydroxylation sites is 1. The maximum absolute atomic E-state index is 13.2. The minimum absolute atomic E-state index is 0.0121. The molecular weight excluding hydrogens is 396 g/mol. The van der Waals surface area contributed by atoms with Crippen molar-refractivity contribution in [1.82, 2.24) is 4.57 Å². The number of carbonyl (C=O) groups is 1. The Labute approximate surface area is 175 Å². The van der Waals surface area contributed by atoms with Gasteiger partial charge in [-0.2, -0.15) is 0 Å². The lowest BCUT2D eigenvalue weighted by Crippen LogP contribution is -2.19. The second-order valence-electron chi connectivity index (χ2n) is 7.25. The van der Waals surface area contributed by atoms with E-state index in [0.717, 1.165) is 16.8 Å². The molecule has 0 spiro atoms. The highest BCUT2D eigenvalue weighted by atomic mass is 32.2. The predicted octanol–water partition coefficient (Wildman–Crippen LogP) is 4.73. The van der Waals surface area contributed by atoms with Gasteiger partial charge in [0, 0.05) is 22.8 Å². The largest absolute Gasteiger partial charge is 0.337 e. The molecule has 5 nitrogen and oxygen atoms in total. The zero-order valence-electron chi connectivity index (χ0n) is 16.8. The molecule has 0 saturated heterocycles. The molecule has 1 aromatic heterocycles. The van der Waals surface area contributed by atoms with Crippen LogP contribution in [0.15, 0.2) is 88.8 Å². The fraction of sp³-hybridized carbons (Fsp3) is 0.125. The summed E-state index contributed by atoms with van der Waals surface area (Å²) in [4.78, 5) is 13.2. The lowest BCUT2D eigenvalue weighted by atomic mass is 10.1. The zero-order chi connectivity index (χ0) is 21.3. The van der Waals surface area contributed by atoms with E-state index in [4.69, 9.17) is 0 Å². The molecule has 0 fully saturated rings. The van der Waals surface area contributed by atoms with Crippen LogP contribution in [-0.4, -0.2) is 18.9 Å². The molecule has 4 aromatic rings. The second kappa shape index (κ2) is 7.80. The van der Waals surface area contributed by atoms with Gasteiger partial charge in [-0.3, -0.25) is 4.79 Å². The first-order chi connectivity index (χ1) is 14.4. The Bertz CT molecular complexity index is 1340. The number of aromatic nitrogens is 1. The first-order valence-corrected chi connectivity index (χ1v) is 11.1. The molecule has 1 N–H and O–H groups in total. The fourth-order valence-electron chi connectivity index (χ4n) is 3.52. The van der Waals surface area contributed by atoms with E-state index in [9.17, 15) is 13.2 Å². The van der Waals surface area contributed by atoms with Crippen molar-refractivity contribution in [2.75, 3.05) is 5.32 Å². The molecule has 4 rings (SSSR count). The third kappa shape index (κ3) is 3.62. The topological polar surface area (TPSA) is 68.2 Å². The van der Waals surface area contributed by atoms with Crippen LogP contribution < -0.4 is 5.32 Å². The van der Waals surface area contributed by atoms with Crippen molar-refractivity contribution < 1.29 is 13.2 Å². The lowest BCUT2D eigenvalue weighted by Gasteiger charge is -2.11. The van der Waals surface area contributed by atoms with Crippen LogP contribution in [0.4, 0.5) is 5.69 Å². The van der Waals surface area contributed by atoms with Crippen LogP contribution >= 0.6 is 0 Å². The first-order valence-electron chi connectivity index (χ1n) is 9.62. The average Bonchev–Trinajstić information content (AvgIpc) is 3.11. The van der Waals surface area contributed by atoms with Gasteiger partial charge >= 0.3 is 0 Å². The molecule has 0 unspecified atom stereocenters. The van der Waals surface area contributed by atoms with E-state index in [-0.39, 0.29) is 22.2 Å². The van der Waals surface area contributed by atoms with Gasteiger partial charge in [0.05, 0.1) is 9.79 Å². The third-order valence-corrected chi connectivity index (χ3v) is 7.08. The number of benzene rings is 3. The van der Waals surface area contributed by atoms with Crippen molar-refractivity contribution in [3.8, 4) is 0 Å². The normalized spacial score (nSPS) is 11.5. The van der Waals surface area contributed by atoms with Crippen molar-refractivity contribution in [2.24, 2.45) is 0 Å². The molecule has 3 aromatic carbocycles. The van der Waals surface area contributed by atoms with Crippen LogP contribution in [-0.2, 0) is 21.2 Å². The van der Waals surface area contributed by atoms with Gasteiger partial charge in [0.25, 0.3) is 0 Å². The highest BCUT2D eigenvalue weighted by Gasteiger charge is 2.23. The van der Waals surface area contributed by atoms with Crippen molar-refractivity contribution >= 4 is 32.3 Å². The number of fused-ring (bicyclic) bond motifs is 1. The summed E-state index contributed by atoms with van der Waals surface area (Å²) in [6.45, 7) is 3.96. The van der Waals surface area contributed by atoms with Crippen LogP contribution in [0.25, 0.3) is 10.9 Å². The maximum Gasteiger partial charge on any atom is 0.244 e. The Morgan fingerprint density at radius 3 is 2.37 bits per heavy atom. The van der Waals surface area contributed by atoms with E-state index in [0.29, 0.717) is 10.9 Å². The molecule has 0 aliphatic heterocycles. The van der Waals surface area contributed by atoms with Gasteiger partial charge in [-0.1, -0.05) is 48.5 Å². The quantitative estimate of drug-likeness (QED) is 0.509. The molecule has 6 heteroatoms. The monoisotopic (exact) mass is 418 g/mol. The number of nitrogens with one attached hydrogen (secondary N) is 1. The first kappa shape index (κ1) is 19.9. The summed E-state index contributed by atoms with van der Waals surface area (Å²) in [5.41, 5.74) is 3.56. The Balaban J connectivity index is 1.71. The van der Waals surface area contributed by atoms with Gasteiger partial charge in [-0.15, -0.1) is 0 Å². The van der Waals surface area contributed by atoms with E-state index in [2.05, 4.69) is 5.32 Å². The van der Waals surface area contributed by atoms with Crippen LogP contribution in [0.3, 0.4) is 0 Å². The summed E-state index contributed by atoms with van der Waals surface area (Å²) >= 11 is 0. The van der Waals surface area contributed by atoms with Gasteiger partial charge in [0.1, 0.15) is 6.54 Å². The lowest BCUT2D eigenvalue weighted by molar-refractivity contribution is -0.116. The number of amides is 1. The van der Waals surface area contributed by atoms with Crippen molar-refractivity contribution in [2.45, 2.75) is 30.2 Å². The van der Waals surface area contributed by atoms with Crippen molar-refractivity contribution in [3.05, 3.63) is 90.1 Å². The van der Waals surface area contributed by atoms with E-state index in [1.807, 2.05) is 44.2 Å². The molecule has 30 heavy (non-hydrogen) atoms. The van der Waals surface area contributed by atoms with Crippen molar-refractivity contribution in [1.29, 1.82) is 0 Å². The number of aryl methyl sites for hydroxylation is 1. The molecule has 0 saturated carbocycles.